The van der Waals surface area contributed by atoms with Crippen LogP contribution in [-0.2, 0) is 0 Å². The van der Waals surface area contributed by atoms with Gasteiger partial charge in [-0.05, 0) is 5.41 Å². The van der Waals surface area contributed by atoms with Crippen LogP contribution in [0.2, 0.25) is 5.02 Å². The molecule has 0 atom stereocenters. The smallest absolute Gasteiger partial charge is 0.271 e. The van der Waals surface area contributed by atoms with E-state index in [0.29, 0.717) is 5.95 Å². The van der Waals surface area contributed by atoms with Crippen molar-refractivity contribution in [3.05, 3.63) is 21.6 Å². The minimum absolute atomic E-state index is 0.103. The molecular formula is C9H14ClN3O. The highest BCUT2D eigenvalue weighted by Gasteiger charge is 2.10. The summed E-state index contributed by atoms with van der Waals surface area (Å²) in [7, 11) is 0. The molecule has 1 rings (SSSR count). The fraction of sp³-hybridized carbons (Fsp3) is 0.556. The van der Waals surface area contributed by atoms with Crippen LogP contribution >= 0.6 is 11.6 Å². The second kappa shape index (κ2) is 4.00. The molecule has 2 N–H and O–H groups in total. The highest BCUT2D eigenvalue weighted by Crippen LogP contribution is 2.12. The van der Waals surface area contributed by atoms with Crippen LogP contribution in [0.15, 0.2) is 11.0 Å². The molecule has 0 spiro atoms. The number of hydrogen-bond acceptors (Lipinski definition) is 3. The van der Waals surface area contributed by atoms with Crippen molar-refractivity contribution in [1.82, 2.24) is 9.97 Å². The van der Waals surface area contributed by atoms with Gasteiger partial charge < -0.3 is 5.32 Å². The summed E-state index contributed by atoms with van der Waals surface area (Å²) in [5.74, 6) is 0.453. The Bertz CT molecular complexity index is 367. The van der Waals surface area contributed by atoms with E-state index in [-0.39, 0.29) is 16.0 Å². The van der Waals surface area contributed by atoms with Gasteiger partial charge in [-0.1, -0.05) is 32.4 Å². The van der Waals surface area contributed by atoms with E-state index in [0.717, 1.165) is 6.54 Å². The van der Waals surface area contributed by atoms with Crippen molar-refractivity contribution in [3.8, 4) is 0 Å². The standard InChI is InChI=1S/C9H14ClN3O/c1-9(2,3)5-12-8-11-4-6(10)7(14)13-8/h4H,5H2,1-3H3,(H2,11,12,13,14). The first kappa shape index (κ1) is 11.0. The van der Waals surface area contributed by atoms with Gasteiger partial charge in [0.2, 0.25) is 5.95 Å². The van der Waals surface area contributed by atoms with E-state index < -0.39 is 0 Å². The Morgan fingerprint density at radius 2 is 2.21 bits per heavy atom. The molecule has 14 heavy (non-hydrogen) atoms. The maximum atomic E-state index is 11.1. The van der Waals surface area contributed by atoms with E-state index in [1.807, 2.05) is 0 Å². The van der Waals surface area contributed by atoms with Gasteiger partial charge in [-0.15, -0.1) is 0 Å². The quantitative estimate of drug-likeness (QED) is 0.792. The molecule has 78 valence electrons. The second-order valence-corrected chi connectivity index (χ2v) is 4.73. The number of aromatic amines is 1. The number of hydrogen-bond donors (Lipinski definition) is 2. The van der Waals surface area contributed by atoms with Crippen LogP contribution in [0.3, 0.4) is 0 Å². The van der Waals surface area contributed by atoms with Crippen molar-refractivity contribution in [1.29, 1.82) is 0 Å². The van der Waals surface area contributed by atoms with Crippen molar-refractivity contribution in [3.63, 3.8) is 0 Å². The molecule has 0 fully saturated rings. The Morgan fingerprint density at radius 3 is 2.71 bits per heavy atom. The molecular weight excluding hydrogens is 202 g/mol. The zero-order valence-corrected chi connectivity index (χ0v) is 9.27. The topological polar surface area (TPSA) is 57.8 Å². The van der Waals surface area contributed by atoms with Gasteiger partial charge >= 0.3 is 0 Å². The summed E-state index contributed by atoms with van der Waals surface area (Å²) in [6, 6.07) is 0. The second-order valence-electron chi connectivity index (χ2n) is 4.32. The Hall–Kier alpha value is -1.03. The number of nitrogens with zero attached hydrogens (tertiary/aromatic N) is 1. The van der Waals surface area contributed by atoms with Crippen LogP contribution in [0.4, 0.5) is 5.95 Å². The molecule has 0 aromatic carbocycles. The Kier molecular flexibility index (Phi) is 3.16. The number of rotatable bonds is 2. The lowest BCUT2D eigenvalue weighted by Gasteiger charge is -2.18. The van der Waals surface area contributed by atoms with E-state index in [4.69, 9.17) is 11.6 Å². The maximum absolute atomic E-state index is 11.1. The van der Waals surface area contributed by atoms with Gasteiger partial charge in [0, 0.05) is 6.54 Å². The highest BCUT2D eigenvalue weighted by molar-refractivity contribution is 6.30. The molecule has 0 aliphatic rings. The molecule has 0 aliphatic carbocycles. The molecule has 1 aromatic rings. The van der Waals surface area contributed by atoms with E-state index in [1.54, 1.807) is 0 Å². The summed E-state index contributed by atoms with van der Waals surface area (Å²) in [4.78, 5) is 17.6. The predicted octanol–water partition coefficient (Wildman–Crippen LogP) is 1.88. The van der Waals surface area contributed by atoms with Crippen molar-refractivity contribution >= 4 is 17.5 Å². The molecule has 1 aromatic heterocycles. The SMILES string of the molecule is CC(C)(C)CNc1ncc(Cl)c(=O)[nH]1. The van der Waals surface area contributed by atoms with E-state index in [9.17, 15) is 4.79 Å². The number of halogens is 1. The molecule has 0 saturated carbocycles. The van der Waals surface area contributed by atoms with Crippen LogP contribution in [0.25, 0.3) is 0 Å². The van der Waals surface area contributed by atoms with Crippen molar-refractivity contribution in [2.24, 2.45) is 5.41 Å². The molecule has 0 radical (unpaired) electrons. The lowest BCUT2D eigenvalue weighted by atomic mass is 9.97. The number of nitrogens with one attached hydrogen (secondary N) is 2. The zero-order chi connectivity index (χ0) is 10.8. The third-order valence-corrected chi connectivity index (χ3v) is 1.81. The van der Waals surface area contributed by atoms with Gasteiger partial charge in [-0.2, -0.15) is 0 Å². The number of aromatic nitrogens is 2. The van der Waals surface area contributed by atoms with Crippen LogP contribution < -0.4 is 10.9 Å². The molecule has 0 unspecified atom stereocenters. The number of anilines is 1. The van der Waals surface area contributed by atoms with E-state index in [1.165, 1.54) is 6.20 Å². The fourth-order valence-corrected chi connectivity index (χ4v) is 0.914. The molecule has 1 heterocycles. The predicted molar refractivity (Wildman–Crippen MR) is 57.8 cm³/mol. The molecule has 5 heteroatoms. The van der Waals surface area contributed by atoms with Crippen LogP contribution in [0.5, 0.6) is 0 Å². The van der Waals surface area contributed by atoms with Gasteiger partial charge in [0.05, 0.1) is 6.20 Å². The van der Waals surface area contributed by atoms with Crippen molar-refractivity contribution < 1.29 is 0 Å². The average molecular weight is 216 g/mol. The third-order valence-electron chi connectivity index (χ3n) is 1.54. The summed E-state index contributed by atoms with van der Waals surface area (Å²) in [6.45, 7) is 7.01. The largest absolute Gasteiger partial charge is 0.355 e. The van der Waals surface area contributed by atoms with Gasteiger partial charge in [0.1, 0.15) is 5.02 Å². The fourth-order valence-electron chi connectivity index (χ4n) is 0.818. The number of H-pyrrole nitrogens is 1. The van der Waals surface area contributed by atoms with Gasteiger partial charge in [-0.3, -0.25) is 9.78 Å². The first-order chi connectivity index (χ1) is 6.38. The molecule has 0 amide bonds. The van der Waals surface area contributed by atoms with E-state index in [2.05, 4.69) is 36.1 Å². The molecule has 0 saturated heterocycles. The first-order valence-corrected chi connectivity index (χ1v) is 4.75. The average Bonchev–Trinajstić information content (AvgIpc) is 2.06. The Balaban J connectivity index is 2.70. The highest BCUT2D eigenvalue weighted by atomic mass is 35.5. The van der Waals surface area contributed by atoms with Gasteiger partial charge in [0.25, 0.3) is 5.56 Å². The van der Waals surface area contributed by atoms with E-state index >= 15 is 0 Å². The summed E-state index contributed by atoms with van der Waals surface area (Å²) < 4.78 is 0. The van der Waals surface area contributed by atoms with Crippen molar-refractivity contribution in [2.75, 3.05) is 11.9 Å². The first-order valence-electron chi connectivity index (χ1n) is 4.37. The molecule has 0 aliphatic heterocycles. The van der Waals surface area contributed by atoms with Crippen molar-refractivity contribution in [2.45, 2.75) is 20.8 Å². The van der Waals surface area contributed by atoms with Gasteiger partial charge in [-0.25, -0.2) is 4.98 Å². The Morgan fingerprint density at radius 1 is 1.57 bits per heavy atom. The zero-order valence-electron chi connectivity index (χ0n) is 8.52. The summed E-state index contributed by atoms with van der Waals surface area (Å²) in [5.41, 5.74) is -0.184. The third kappa shape index (κ3) is 3.38. The summed E-state index contributed by atoms with van der Waals surface area (Å²) in [5, 5.41) is 3.13. The maximum Gasteiger partial charge on any atom is 0.271 e. The monoisotopic (exact) mass is 215 g/mol. The van der Waals surface area contributed by atoms with Gasteiger partial charge in [0.15, 0.2) is 0 Å². The summed E-state index contributed by atoms with van der Waals surface area (Å²) in [6.07, 6.45) is 1.34. The normalized spacial score (nSPS) is 11.4. The molecule has 4 nitrogen and oxygen atoms in total. The lowest BCUT2D eigenvalue weighted by molar-refractivity contribution is 0.441. The van der Waals surface area contributed by atoms with Crippen LogP contribution in [-0.4, -0.2) is 16.5 Å². The molecule has 0 bridgehead atoms. The van der Waals surface area contributed by atoms with Crippen LogP contribution in [0.1, 0.15) is 20.8 Å². The van der Waals surface area contributed by atoms with Crippen LogP contribution in [0, 0.1) is 5.41 Å². The minimum atomic E-state index is -0.321. The lowest BCUT2D eigenvalue weighted by Crippen LogP contribution is -2.22. The Labute approximate surface area is 87.7 Å². The summed E-state index contributed by atoms with van der Waals surface area (Å²) >= 11 is 5.54. The minimum Gasteiger partial charge on any atom is -0.355 e.